The van der Waals surface area contributed by atoms with E-state index in [0.717, 1.165) is 12.8 Å². The summed E-state index contributed by atoms with van der Waals surface area (Å²) in [5, 5.41) is 11.2. The molecule has 1 aliphatic heterocycles. The Kier molecular flexibility index (Phi) is 3.19. The minimum atomic E-state index is -1.06. The van der Waals surface area contributed by atoms with E-state index < -0.39 is 11.5 Å². The Balaban J connectivity index is 2.29. The Morgan fingerprint density at radius 3 is 2.82 bits per heavy atom. The Hall–Kier alpha value is -1.36. The van der Waals surface area contributed by atoms with Gasteiger partial charge in [-0.25, -0.2) is 4.79 Å². The summed E-state index contributed by atoms with van der Waals surface area (Å²) in [7, 11) is 0. The lowest BCUT2D eigenvalue weighted by Gasteiger charge is -2.41. The Bertz CT molecular complexity index is 429. The number of nitrogens with zero attached hydrogens (tertiary/aromatic N) is 1. The van der Waals surface area contributed by atoms with Crippen molar-refractivity contribution in [2.24, 2.45) is 0 Å². The van der Waals surface area contributed by atoms with E-state index in [4.69, 9.17) is 0 Å². The average Bonchev–Trinajstić information content (AvgIpc) is 2.82. The van der Waals surface area contributed by atoms with Crippen molar-refractivity contribution in [3.05, 3.63) is 22.4 Å². The van der Waals surface area contributed by atoms with Crippen molar-refractivity contribution in [1.29, 1.82) is 0 Å². The van der Waals surface area contributed by atoms with Crippen molar-refractivity contribution in [2.75, 3.05) is 6.54 Å². The number of hydrogen-bond donors (Lipinski definition) is 1. The first-order valence-corrected chi connectivity index (χ1v) is 6.52. The quantitative estimate of drug-likeness (QED) is 0.879. The van der Waals surface area contributed by atoms with Gasteiger partial charge >= 0.3 is 5.97 Å². The summed E-state index contributed by atoms with van der Waals surface area (Å²) < 4.78 is 0. The Morgan fingerprint density at radius 2 is 2.24 bits per heavy atom. The predicted octanol–water partition coefficient (Wildman–Crippen LogP) is 2.22. The standard InChI is InChI=1S/C12H15NO3S/c1-12(11(15)16)6-2-3-7-13(12)10(14)9-5-4-8-17-9/h4-5,8H,2-3,6-7H2,1H3,(H,15,16). The van der Waals surface area contributed by atoms with Crippen molar-refractivity contribution in [2.45, 2.75) is 31.7 Å². The fourth-order valence-corrected chi connectivity index (χ4v) is 2.87. The van der Waals surface area contributed by atoms with Crippen LogP contribution in [0.3, 0.4) is 0 Å². The molecule has 4 nitrogen and oxygen atoms in total. The molecule has 5 heteroatoms. The van der Waals surface area contributed by atoms with Crippen LogP contribution in [0.1, 0.15) is 35.9 Å². The van der Waals surface area contributed by atoms with E-state index >= 15 is 0 Å². The maximum Gasteiger partial charge on any atom is 0.329 e. The lowest BCUT2D eigenvalue weighted by Crippen LogP contribution is -2.57. The highest BCUT2D eigenvalue weighted by molar-refractivity contribution is 7.12. The first-order chi connectivity index (χ1) is 8.05. The normalized spacial score (nSPS) is 24.6. The summed E-state index contributed by atoms with van der Waals surface area (Å²) >= 11 is 1.35. The van der Waals surface area contributed by atoms with E-state index in [9.17, 15) is 14.7 Å². The minimum absolute atomic E-state index is 0.162. The monoisotopic (exact) mass is 253 g/mol. The molecule has 1 aromatic heterocycles. The number of carbonyl (C=O) groups is 2. The Labute approximate surface area is 104 Å². The topological polar surface area (TPSA) is 57.6 Å². The summed E-state index contributed by atoms with van der Waals surface area (Å²) in [6.45, 7) is 2.17. The van der Waals surface area contributed by atoms with Gasteiger partial charge in [0.05, 0.1) is 4.88 Å². The highest BCUT2D eigenvalue weighted by atomic mass is 32.1. The molecule has 1 atom stereocenters. The summed E-state index contributed by atoms with van der Waals surface area (Å²) in [4.78, 5) is 25.7. The average molecular weight is 253 g/mol. The largest absolute Gasteiger partial charge is 0.480 e. The number of carbonyl (C=O) groups excluding carboxylic acids is 1. The maximum absolute atomic E-state index is 12.3. The van der Waals surface area contributed by atoms with Crippen molar-refractivity contribution in [3.63, 3.8) is 0 Å². The number of likely N-dealkylation sites (tertiary alicyclic amines) is 1. The lowest BCUT2D eigenvalue weighted by molar-refractivity contribution is -0.150. The third-order valence-electron chi connectivity index (χ3n) is 3.33. The van der Waals surface area contributed by atoms with Crippen LogP contribution in [-0.2, 0) is 4.79 Å². The van der Waals surface area contributed by atoms with Crippen LogP contribution in [0.15, 0.2) is 17.5 Å². The zero-order chi connectivity index (χ0) is 12.5. The van der Waals surface area contributed by atoms with Crippen LogP contribution < -0.4 is 0 Å². The van der Waals surface area contributed by atoms with Gasteiger partial charge in [0.25, 0.3) is 5.91 Å². The molecule has 17 heavy (non-hydrogen) atoms. The highest BCUT2D eigenvalue weighted by Crippen LogP contribution is 2.30. The van der Waals surface area contributed by atoms with Crippen molar-refractivity contribution >= 4 is 23.2 Å². The van der Waals surface area contributed by atoms with Gasteiger partial charge in [0.2, 0.25) is 0 Å². The molecule has 1 fully saturated rings. The predicted molar refractivity (Wildman–Crippen MR) is 65.2 cm³/mol. The number of thiophene rings is 1. The second-order valence-electron chi connectivity index (χ2n) is 4.47. The second kappa shape index (κ2) is 4.49. The van der Waals surface area contributed by atoms with Crippen LogP contribution in [0.25, 0.3) is 0 Å². The summed E-state index contributed by atoms with van der Waals surface area (Å²) in [6, 6.07) is 3.55. The fraction of sp³-hybridized carbons (Fsp3) is 0.500. The van der Waals surface area contributed by atoms with Gasteiger partial charge in [-0.3, -0.25) is 4.79 Å². The molecule has 0 aliphatic carbocycles. The molecule has 0 spiro atoms. The van der Waals surface area contributed by atoms with Gasteiger partial charge in [-0.15, -0.1) is 11.3 Å². The van der Waals surface area contributed by atoms with Crippen molar-refractivity contribution < 1.29 is 14.7 Å². The molecule has 0 bridgehead atoms. The Morgan fingerprint density at radius 1 is 1.47 bits per heavy atom. The van der Waals surface area contributed by atoms with Crippen LogP contribution in [-0.4, -0.2) is 34.0 Å². The maximum atomic E-state index is 12.3. The summed E-state index contributed by atoms with van der Waals surface area (Å²) in [5.41, 5.74) is -1.06. The van der Waals surface area contributed by atoms with Gasteiger partial charge in [0.15, 0.2) is 0 Å². The molecule has 1 N–H and O–H groups in total. The third-order valence-corrected chi connectivity index (χ3v) is 4.19. The molecule has 2 rings (SSSR count). The lowest BCUT2D eigenvalue weighted by atomic mass is 9.88. The second-order valence-corrected chi connectivity index (χ2v) is 5.42. The molecule has 0 radical (unpaired) electrons. The van der Waals surface area contributed by atoms with Crippen LogP contribution >= 0.6 is 11.3 Å². The number of rotatable bonds is 2. The molecule has 2 heterocycles. The number of carboxylic acid groups (broad SMARTS) is 1. The zero-order valence-electron chi connectivity index (χ0n) is 9.68. The molecular weight excluding hydrogens is 238 g/mol. The molecule has 1 saturated heterocycles. The molecule has 92 valence electrons. The first kappa shape index (κ1) is 12.1. The van der Waals surface area contributed by atoms with Gasteiger partial charge in [-0.05, 0) is 37.6 Å². The number of piperidine rings is 1. The first-order valence-electron chi connectivity index (χ1n) is 5.64. The number of carboxylic acids is 1. The minimum Gasteiger partial charge on any atom is -0.480 e. The number of hydrogen-bond acceptors (Lipinski definition) is 3. The van der Waals surface area contributed by atoms with Gasteiger partial charge in [0.1, 0.15) is 5.54 Å². The van der Waals surface area contributed by atoms with Crippen LogP contribution in [0.4, 0.5) is 0 Å². The van der Waals surface area contributed by atoms with E-state index in [1.807, 2.05) is 5.38 Å². The van der Waals surface area contributed by atoms with E-state index in [-0.39, 0.29) is 5.91 Å². The van der Waals surface area contributed by atoms with Crippen molar-refractivity contribution in [3.8, 4) is 0 Å². The molecule has 1 amide bonds. The number of aliphatic carboxylic acids is 1. The molecule has 1 unspecified atom stereocenters. The SMILES string of the molecule is CC1(C(=O)O)CCCCN1C(=O)c1cccs1. The highest BCUT2D eigenvalue weighted by Gasteiger charge is 2.44. The van der Waals surface area contributed by atoms with E-state index in [1.54, 1.807) is 19.1 Å². The summed E-state index contributed by atoms with van der Waals surface area (Å²) in [6.07, 6.45) is 2.26. The van der Waals surface area contributed by atoms with E-state index in [2.05, 4.69) is 0 Å². The van der Waals surface area contributed by atoms with E-state index in [0.29, 0.717) is 17.8 Å². The third kappa shape index (κ3) is 2.07. The van der Waals surface area contributed by atoms with Gasteiger partial charge in [-0.2, -0.15) is 0 Å². The summed E-state index contributed by atoms with van der Waals surface area (Å²) in [5.74, 6) is -1.08. The smallest absolute Gasteiger partial charge is 0.329 e. The van der Waals surface area contributed by atoms with Crippen LogP contribution in [0.5, 0.6) is 0 Å². The van der Waals surface area contributed by atoms with Crippen molar-refractivity contribution in [1.82, 2.24) is 4.90 Å². The van der Waals surface area contributed by atoms with Gasteiger partial charge < -0.3 is 10.0 Å². The number of amides is 1. The van der Waals surface area contributed by atoms with E-state index in [1.165, 1.54) is 16.2 Å². The molecule has 0 saturated carbocycles. The molecule has 1 aromatic rings. The fourth-order valence-electron chi connectivity index (χ4n) is 2.20. The van der Waals surface area contributed by atoms with Crippen LogP contribution in [0.2, 0.25) is 0 Å². The van der Waals surface area contributed by atoms with Gasteiger partial charge in [0, 0.05) is 6.54 Å². The molecule has 0 aromatic carbocycles. The van der Waals surface area contributed by atoms with Crippen LogP contribution in [0, 0.1) is 0 Å². The van der Waals surface area contributed by atoms with Gasteiger partial charge in [-0.1, -0.05) is 6.07 Å². The zero-order valence-corrected chi connectivity index (χ0v) is 10.5. The molecular formula is C12H15NO3S. The molecule has 1 aliphatic rings.